The molecule has 0 aliphatic heterocycles. The summed E-state index contributed by atoms with van der Waals surface area (Å²) in [6, 6.07) is 24.0. The lowest BCUT2D eigenvalue weighted by molar-refractivity contribution is -0.115. The Labute approximate surface area is 153 Å². The summed E-state index contributed by atoms with van der Waals surface area (Å²) < 4.78 is 13.2. The maximum Gasteiger partial charge on any atom is 0.228 e. The first kappa shape index (κ1) is 17.7. The first-order valence-electron chi connectivity index (χ1n) is 8.49. The number of rotatable bonds is 6. The summed E-state index contributed by atoms with van der Waals surface area (Å²) >= 11 is 0. The largest absolute Gasteiger partial charge is 0.370 e. The lowest BCUT2D eigenvalue weighted by atomic mass is 10.1. The highest BCUT2D eigenvalue weighted by Crippen LogP contribution is 2.19. The van der Waals surface area contributed by atoms with Crippen LogP contribution in [0.15, 0.2) is 78.9 Å². The summed E-state index contributed by atoms with van der Waals surface area (Å²) in [6.07, 6.45) is 0.146. The van der Waals surface area contributed by atoms with E-state index in [4.69, 9.17) is 0 Å². The van der Waals surface area contributed by atoms with E-state index in [2.05, 4.69) is 22.3 Å². The smallest absolute Gasteiger partial charge is 0.228 e. The minimum absolute atomic E-state index is 0.146. The van der Waals surface area contributed by atoms with Crippen molar-refractivity contribution in [3.63, 3.8) is 0 Å². The Balaban J connectivity index is 1.57. The summed E-state index contributed by atoms with van der Waals surface area (Å²) in [5, 5.41) is 2.85. The first-order valence-corrected chi connectivity index (χ1v) is 8.49. The molecule has 0 atom stereocenters. The highest BCUT2D eigenvalue weighted by Gasteiger charge is 2.06. The van der Waals surface area contributed by atoms with Crippen LogP contribution in [0.1, 0.15) is 11.1 Å². The second-order valence-corrected chi connectivity index (χ2v) is 6.24. The van der Waals surface area contributed by atoms with Crippen molar-refractivity contribution in [2.75, 3.05) is 17.3 Å². The number of nitrogens with one attached hydrogen (secondary N) is 1. The fraction of sp³-hybridized carbons (Fsp3) is 0.136. The predicted molar refractivity (Wildman–Crippen MR) is 104 cm³/mol. The van der Waals surface area contributed by atoms with Crippen LogP contribution in [0.3, 0.4) is 0 Å². The van der Waals surface area contributed by atoms with E-state index in [1.54, 1.807) is 12.1 Å². The molecule has 132 valence electrons. The predicted octanol–water partition coefficient (Wildman–Crippen LogP) is 4.64. The number of hydrogen-bond acceptors (Lipinski definition) is 2. The fourth-order valence-corrected chi connectivity index (χ4v) is 2.79. The van der Waals surface area contributed by atoms with Gasteiger partial charge in [0.05, 0.1) is 6.42 Å². The molecular weight excluding hydrogens is 327 g/mol. The van der Waals surface area contributed by atoms with Gasteiger partial charge in [-0.25, -0.2) is 4.39 Å². The first-order chi connectivity index (χ1) is 12.6. The minimum Gasteiger partial charge on any atom is -0.370 e. The van der Waals surface area contributed by atoms with Crippen molar-refractivity contribution in [3.05, 3.63) is 95.8 Å². The third-order valence-corrected chi connectivity index (χ3v) is 4.11. The number of nitrogens with zero attached hydrogens (tertiary/aromatic N) is 1. The zero-order valence-corrected chi connectivity index (χ0v) is 14.7. The van der Waals surface area contributed by atoms with Crippen LogP contribution >= 0.6 is 0 Å². The third-order valence-electron chi connectivity index (χ3n) is 4.11. The van der Waals surface area contributed by atoms with E-state index in [1.165, 1.54) is 17.7 Å². The van der Waals surface area contributed by atoms with E-state index in [1.807, 2.05) is 49.5 Å². The van der Waals surface area contributed by atoms with Gasteiger partial charge in [-0.05, 0) is 47.5 Å². The Morgan fingerprint density at radius 1 is 0.923 bits per heavy atom. The number of hydrogen-bond donors (Lipinski definition) is 1. The Kier molecular flexibility index (Phi) is 5.64. The average Bonchev–Trinajstić information content (AvgIpc) is 2.63. The van der Waals surface area contributed by atoms with E-state index in [-0.39, 0.29) is 18.1 Å². The van der Waals surface area contributed by atoms with Gasteiger partial charge < -0.3 is 10.2 Å². The number of benzene rings is 3. The van der Waals surface area contributed by atoms with Gasteiger partial charge in [0.25, 0.3) is 0 Å². The second-order valence-electron chi connectivity index (χ2n) is 6.24. The van der Waals surface area contributed by atoms with Crippen molar-refractivity contribution >= 4 is 17.3 Å². The SMILES string of the molecule is CN(Cc1ccccc1)c1ccc(NC(=O)Cc2cccc(F)c2)cc1. The van der Waals surface area contributed by atoms with Gasteiger partial charge in [0.15, 0.2) is 0 Å². The number of amides is 1. The van der Waals surface area contributed by atoms with Crippen LogP contribution in [0.25, 0.3) is 0 Å². The maximum atomic E-state index is 13.2. The molecule has 1 amide bonds. The zero-order valence-electron chi connectivity index (χ0n) is 14.7. The molecular formula is C22H21FN2O. The lowest BCUT2D eigenvalue weighted by Gasteiger charge is -2.19. The molecule has 0 radical (unpaired) electrons. The van der Waals surface area contributed by atoms with Crippen LogP contribution in [0.4, 0.5) is 15.8 Å². The summed E-state index contributed by atoms with van der Waals surface area (Å²) in [5.41, 5.74) is 3.68. The van der Waals surface area contributed by atoms with Crippen LogP contribution in [0, 0.1) is 5.82 Å². The molecule has 3 aromatic carbocycles. The average molecular weight is 348 g/mol. The van der Waals surface area contributed by atoms with Crippen molar-refractivity contribution in [2.45, 2.75) is 13.0 Å². The molecule has 0 heterocycles. The summed E-state index contributed by atoms with van der Waals surface area (Å²) in [4.78, 5) is 14.3. The van der Waals surface area contributed by atoms with Crippen LogP contribution < -0.4 is 10.2 Å². The topological polar surface area (TPSA) is 32.3 Å². The van der Waals surface area contributed by atoms with Gasteiger partial charge >= 0.3 is 0 Å². The van der Waals surface area contributed by atoms with Crippen LogP contribution in [-0.4, -0.2) is 13.0 Å². The van der Waals surface area contributed by atoms with Crippen LogP contribution in [0.2, 0.25) is 0 Å². The molecule has 0 aliphatic carbocycles. The van der Waals surface area contributed by atoms with E-state index >= 15 is 0 Å². The van der Waals surface area contributed by atoms with E-state index < -0.39 is 0 Å². The van der Waals surface area contributed by atoms with Crippen molar-refractivity contribution in [3.8, 4) is 0 Å². The number of halogens is 1. The molecule has 0 fully saturated rings. The second kappa shape index (κ2) is 8.30. The van der Waals surface area contributed by atoms with Crippen molar-refractivity contribution in [1.29, 1.82) is 0 Å². The molecule has 0 aliphatic rings. The third kappa shape index (κ3) is 4.93. The van der Waals surface area contributed by atoms with Crippen LogP contribution in [-0.2, 0) is 17.8 Å². The molecule has 3 nitrogen and oxygen atoms in total. The van der Waals surface area contributed by atoms with Crippen molar-refractivity contribution in [2.24, 2.45) is 0 Å². The summed E-state index contributed by atoms with van der Waals surface area (Å²) in [5.74, 6) is -0.498. The van der Waals surface area contributed by atoms with E-state index in [0.717, 1.165) is 17.9 Å². The Bertz CT molecular complexity index is 863. The molecule has 0 aromatic heterocycles. The Morgan fingerprint density at radius 2 is 1.62 bits per heavy atom. The normalized spacial score (nSPS) is 10.4. The molecule has 0 spiro atoms. The van der Waals surface area contributed by atoms with E-state index in [9.17, 15) is 9.18 Å². The lowest BCUT2D eigenvalue weighted by Crippen LogP contribution is -2.17. The zero-order chi connectivity index (χ0) is 18.4. The number of carbonyl (C=O) groups excluding carboxylic acids is 1. The number of carbonyl (C=O) groups is 1. The van der Waals surface area contributed by atoms with Gasteiger partial charge in [-0.3, -0.25) is 4.79 Å². The molecule has 0 saturated carbocycles. The standard InChI is InChI=1S/C22H21FN2O/c1-25(16-17-6-3-2-4-7-17)21-12-10-20(11-13-21)24-22(26)15-18-8-5-9-19(23)14-18/h2-14H,15-16H2,1H3,(H,24,26). The van der Waals surface area contributed by atoms with E-state index in [0.29, 0.717) is 5.56 Å². The maximum absolute atomic E-state index is 13.2. The molecule has 1 N–H and O–H groups in total. The van der Waals surface area contributed by atoms with Gasteiger partial charge in [-0.15, -0.1) is 0 Å². The van der Waals surface area contributed by atoms with Crippen molar-refractivity contribution in [1.82, 2.24) is 0 Å². The van der Waals surface area contributed by atoms with Gasteiger partial charge in [-0.1, -0.05) is 42.5 Å². The van der Waals surface area contributed by atoms with Gasteiger partial charge in [0, 0.05) is 25.0 Å². The minimum atomic E-state index is -0.332. The molecule has 0 saturated heterocycles. The summed E-state index contributed by atoms with van der Waals surface area (Å²) in [6.45, 7) is 0.812. The Morgan fingerprint density at radius 3 is 2.31 bits per heavy atom. The molecule has 26 heavy (non-hydrogen) atoms. The molecule has 0 bridgehead atoms. The number of anilines is 2. The van der Waals surface area contributed by atoms with Gasteiger partial charge in [0.1, 0.15) is 5.82 Å². The highest BCUT2D eigenvalue weighted by atomic mass is 19.1. The van der Waals surface area contributed by atoms with Crippen molar-refractivity contribution < 1.29 is 9.18 Å². The Hall–Kier alpha value is -3.14. The molecule has 3 rings (SSSR count). The van der Waals surface area contributed by atoms with Crippen LogP contribution in [0.5, 0.6) is 0 Å². The molecule has 4 heteroatoms. The summed E-state index contributed by atoms with van der Waals surface area (Å²) in [7, 11) is 2.03. The van der Waals surface area contributed by atoms with Gasteiger partial charge in [-0.2, -0.15) is 0 Å². The van der Waals surface area contributed by atoms with Gasteiger partial charge in [0.2, 0.25) is 5.91 Å². The molecule has 3 aromatic rings. The highest BCUT2D eigenvalue weighted by molar-refractivity contribution is 5.92. The monoisotopic (exact) mass is 348 g/mol. The fourth-order valence-electron chi connectivity index (χ4n) is 2.79. The quantitative estimate of drug-likeness (QED) is 0.704. The molecule has 0 unspecified atom stereocenters.